The van der Waals surface area contributed by atoms with E-state index in [0.29, 0.717) is 16.6 Å². The molecule has 1 unspecified atom stereocenters. The monoisotopic (exact) mass is 502 g/mol. The summed E-state index contributed by atoms with van der Waals surface area (Å²) in [7, 11) is -4.51. The Balaban J connectivity index is 0.00000544. The zero-order valence-corrected chi connectivity index (χ0v) is 24.1. The molecule has 0 aliphatic heterocycles. The first-order chi connectivity index (χ1) is 15.4. The quantitative estimate of drug-likeness (QED) is 0.146. The molecule has 2 aromatic rings. The van der Waals surface area contributed by atoms with Gasteiger partial charge in [-0.3, -0.25) is 0 Å². The summed E-state index contributed by atoms with van der Waals surface area (Å²) < 4.78 is 36.0. The van der Waals surface area contributed by atoms with Crippen LogP contribution >= 0.6 is 12.2 Å². The van der Waals surface area contributed by atoms with Crippen molar-refractivity contribution in [3.05, 3.63) is 34.7 Å². The zero-order valence-electron chi connectivity index (χ0n) is 20.5. The van der Waals surface area contributed by atoms with Gasteiger partial charge in [0.05, 0.1) is 0 Å². The van der Waals surface area contributed by atoms with Gasteiger partial charge in [0.2, 0.25) is 0 Å². The van der Waals surface area contributed by atoms with E-state index in [9.17, 15) is 13.0 Å². The number of fused-ring (bicyclic) bond motifs is 1. The van der Waals surface area contributed by atoms with Gasteiger partial charge < -0.3 is 9.54 Å². The van der Waals surface area contributed by atoms with Crippen LogP contribution in [-0.2, 0) is 10.1 Å². The fourth-order valence-corrected chi connectivity index (χ4v) is 5.33. The van der Waals surface area contributed by atoms with E-state index in [2.05, 4.69) is 16.9 Å². The maximum atomic E-state index is 11.9. The van der Waals surface area contributed by atoms with Crippen molar-refractivity contribution in [3.8, 4) is 0 Å². The molecule has 1 aromatic carbocycles. The first kappa shape index (κ1) is 30.7. The standard InChI is InChI=1S/C25H40N2O3S2.Na/c1-2-3-4-5-6-7-8-9-10-11-12-13-14-15-20-23(32(28,29)30)24-26-22-19-17-16-18-21(22)25(31)27-24;/h16-19,23H,2-15,20H2,1H3,(H,26,27,31)(H,28,29,30);/q;+1/p-1. The van der Waals surface area contributed by atoms with Gasteiger partial charge in [-0.15, -0.1) is 0 Å². The Morgan fingerprint density at radius 3 is 1.88 bits per heavy atom. The fraction of sp³-hybridized carbons (Fsp3) is 0.680. The van der Waals surface area contributed by atoms with Crippen LogP contribution in [0.1, 0.15) is 114 Å². The minimum atomic E-state index is -4.51. The summed E-state index contributed by atoms with van der Waals surface area (Å²) in [5.41, 5.74) is 0.706. The van der Waals surface area contributed by atoms with Gasteiger partial charge in [0, 0.05) is 10.9 Å². The molecule has 2 rings (SSSR count). The molecule has 5 nitrogen and oxygen atoms in total. The number of para-hydroxylation sites is 1. The third-order valence-electron chi connectivity index (χ3n) is 6.12. The predicted molar refractivity (Wildman–Crippen MR) is 134 cm³/mol. The molecule has 0 amide bonds. The first-order valence-corrected chi connectivity index (χ1v) is 14.2. The largest absolute Gasteiger partial charge is 1.00 e. The second-order valence-corrected chi connectivity index (χ2v) is 10.8. The first-order valence-electron chi connectivity index (χ1n) is 12.4. The predicted octanol–water partition coefficient (Wildman–Crippen LogP) is 4.75. The second-order valence-electron chi connectivity index (χ2n) is 8.84. The Morgan fingerprint density at radius 1 is 0.879 bits per heavy atom. The molecule has 0 bridgehead atoms. The minimum Gasteiger partial charge on any atom is -0.747 e. The number of H-pyrrole nitrogens is 1. The van der Waals surface area contributed by atoms with Crippen LogP contribution in [0.15, 0.2) is 24.3 Å². The van der Waals surface area contributed by atoms with Crippen LogP contribution in [0.25, 0.3) is 10.9 Å². The van der Waals surface area contributed by atoms with E-state index in [-0.39, 0.29) is 41.8 Å². The van der Waals surface area contributed by atoms with E-state index in [1.54, 1.807) is 0 Å². The third kappa shape index (κ3) is 11.8. The Hall–Kier alpha value is -0.310. The number of unbranched alkanes of at least 4 members (excludes halogenated alkanes) is 13. The van der Waals surface area contributed by atoms with Crippen molar-refractivity contribution in [2.75, 3.05) is 0 Å². The van der Waals surface area contributed by atoms with Crippen molar-refractivity contribution in [1.29, 1.82) is 0 Å². The molecule has 0 fully saturated rings. The molecule has 8 heteroatoms. The van der Waals surface area contributed by atoms with Crippen LogP contribution in [-0.4, -0.2) is 22.9 Å². The summed E-state index contributed by atoms with van der Waals surface area (Å²) in [6, 6.07) is 7.34. The van der Waals surface area contributed by atoms with Gasteiger partial charge in [0.25, 0.3) is 0 Å². The van der Waals surface area contributed by atoms with E-state index >= 15 is 0 Å². The molecule has 1 atom stereocenters. The van der Waals surface area contributed by atoms with E-state index in [0.717, 1.165) is 18.2 Å². The Kier molecular flexibility index (Phi) is 16.0. The summed E-state index contributed by atoms with van der Waals surface area (Å²) in [5.74, 6) is 0.165. The summed E-state index contributed by atoms with van der Waals surface area (Å²) >= 11 is 5.30. The van der Waals surface area contributed by atoms with Crippen LogP contribution in [0, 0.1) is 4.64 Å². The fourth-order valence-electron chi connectivity index (χ4n) is 4.21. The molecule has 0 saturated carbocycles. The molecule has 0 saturated heterocycles. The molecule has 1 aromatic heterocycles. The van der Waals surface area contributed by atoms with E-state index < -0.39 is 15.4 Å². The average molecular weight is 503 g/mol. The molecule has 0 aliphatic rings. The molecule has 0 radical (unpaired) electrons. The van der Waals surface area contributed by atoms with Gasteiger partial charge in [0.1, 0.15) is 25.8 Å². The number of nitrogens with zero attached hydrogens (tertiary/aromatic N) is 1. The molecular formula is C25H39N2NaO3S2. The number of aromatic amines is 1. The average Bonchev–Trinajstić information content (AvgIpc) is 2.75. The van der Waals surface area contributed by atoms with Crippen molar-refractivity contribution in [2.24, 2.45) is 0 Å². The second kappa shape index (κ2) is 17.2. The molecule has 0 aliphatic carbocycles. The van der Waals surface area contributed by atoms with Crippen molar-refractivity contribution in [2.45, 2.75) is 108 Å². The number of benzene rings is 1. The Morgan fingerprint density at radius 2 is 1.36 bits per heavy atom. The number of aromatic nitrogens is 2. The SMILES string of the molecule is CCCCCCCCCCCCCCCCC(c1nc(=S)c2ccccc2[nH]1)S(=O)(=O)[O-].[Na+]. The zero-order chi connectivity index (χ0) is 23.2. The number of hydrogen-bond acceptors (Lipinski definition) is 5. The van der Waals surface area contributed by atoms with E-state index in [1.807, 2.05) is 24.3 Å². The molecular weight excluding hydrogens is 463 g/mol. The topological polar surface area (TPSA) is 85.9 Å². The van der Waals surface area contributed by atoms with Crippen LogP contribution in [0.4, 0.5) is 0 Å². The van der Waals surface area contributed by atoms with Crippen molar-refractivity contribution < 1.29 is 42.5 Å². The van der Waals surface area contributed by atoms with Gasteiger partial charge in [-0.05, 0) is 18.6 Å². The van der Waals surface area contributed by atoms with Gasteiger partial charge in [-0.25, -0.2) is 13.4 Å². The number of nitrogens with one attached hydrogen (secondary N) is 1. The van der Waals surface area contributed by atoms with Crippen LogP contribution in [0.5, 0.6) is 0 Å². The molecule has 180 valence electrons. The maximum absolute atomic E-state index is 11.9. The Labute approximate surface area is 227 Å². The van der Waals surface area contributed by atoms with E-state index in [4.69, 9.17) is 12.2 Å². The number of rotatable bonds is 17. The Bertz CT molecular complexity index is 964. The van der Waals surface area contributed by atoms with E-state index in [1.165, 1.54) is 70.6 Å². The van der Waals surface area contributed by atoms with Gasteiger partial charge in [0.15, 0.2) is 0 Å². The molecule has 33 heavy (non-hydrogen) atoms. The van der Waals surface area contributed by atoms with Gasteiger partial charge >= 0.3 is 29.6 Å². The summed E-state index contributed by atoms with van der Waals surface area (Å²) in [5, 5.41) is -0.420. The van der Waals surface area contributed by atoms with Gasteiger partial charge in [-0.2, -0.15) is 0 Å². The van der Waals surface area contributed by atoms with Crippen molar-refractivity contribution in [1.82, 2.24) is 9.97 Å². The van der Waals surface area contributed by atoms with Crippen LogP contribution < -0.4 is 29.6 Å². The minimum absolute atomic E-state index is 0. The smallest absolute Gasteiger partial charge is 0.747 e. The van der Waals surface area contributed by atoms with Crippen LogP contribution in [0.2, 0.25) is 0 Å². The molecule has 1 heterocycles. The van der Waals surface area contributed by atoms with Crippen molar-refractivity contribution >= 4 is 33.2 Å². The number of hydrogen-bond donors (Lipinski definition) is 1. The maximum Gasteiger partial charge on any atom is 1.00 e. The van der Waals surface area contributed by atoms with Crippen LogP contribution in [0.3, 0.4) is 0 Å². The normalized spacial score (nSPS) is 12.5. The molecule has 1 N–H and O–H groups in total. The summed E-state index contributed by atoms with van der Waals surface area (Å²) in [6.45, 7) is 2.25. The van der Waals surface area contributed by atoms with Crippen molar-refractivity contribution in [3.63, 3.8) is 0 Å². The third-order valence-corrected chi connectivity index (χ3v) is 7.58. The summed E-state index contributed by atoms with van der Waals surface area (Å²) in [6.07, 6.45) is 17.5. The van der Waals surface area contributed by atoms with Gasteiger partial charge in [-0.1, -0.05) is 121 Å². The summed E-state index contributed by atoms with van der Waals surface area (Å²) in [4.78, 5) is 7.25. The molecule has 0 spiro atoms.